The highest BCUT2D eigenvalue weighted by molar-refractivity contribution is 7.89. The first kappa shape index (κ1) is 21.3. The number of ether oxygens (including phenoxy) is 1. The van der Waals surface area contributed by atoms with Gasteiger partial charge in [-0.1, -0.05) is 16.8 Å². The van der Waals surface area contributed by atoms with Crippen molar-refractivity contribution in [2.24, 2.45) is 0 Å². The minimum atomic E-state index is -4.10. The molecule has 0 amide bonds. The molecule has 0 fully saturated rings. The van der Waals surface area contributed by atoms with Crippen LogP contribution in [0.1, 0.15) is 35.9 Å². The van der Waals surface area contributed by atoms with E-state index in [0.717, 1.165) is 6.07 Å². The Hall–Kier alpha value is -2.01. The van der Waals surface area contributed by atoms with Crippen molar-refractivity contribution in [3.63, 3.8) is 0 Å². The van der Waals surface area contributed by atoms with Crippen LogP contribution in [0.3, 0.4) is 0 Å². The molecule has 27 heavy (non-hydrogen) atoms. The van der Waals surface area contributed by atoms with Crippen LogP contribution < -0.4 is 4.72 Å². The van der Waals surface area contributed by atoms with Gasteiger partial charge in [0.05, 0.1) is 29.8 Å². The quantitative estimate of drug-likeness (QED) is 0.679. The van der Waals surface area contributed by atoms with Crippen LogP contribution in [0.15, 0.2) is 27.6 Å². The first-order chi connectivity index (χ1) is 12.5. The number of halogens is 1. The molecule has 0 unspecified atom stereocenters. The molecular formula is C16H21ClN4O5S. The van der Waals surface area contributed by atoms with E-state index >= 15 is 0 Å². The summed E-state index contributed by atoms with van der Waals surface area (Å²) in [5.41, 5.74) is -1.12. The SMILES string of the molecule is COC(=O)c1ccc(Cl)c(S(=O)(=O)NC(C)(C)c2noc(CN(C)C)n2)c1. The van der Waals surface area contributed by atoms with Crippen molar-refractivity contribution in [3.05, 3.63) is 40.5 Å². The fourth-order valence-corrected chi connectivity index (χ4v) is 4.14. The zero-order valence-electron chi connectivity index (χ0n) is 15.6. The van der Waals surface area contributed by atoms with Crippen molar-refractivity contribution in [1.82, 2.24) is 19.8 Å². The van der Waals surface area contributed by atoms with Crippen molar-refractivity contribution in [2.45, 2.75) is 30.8 Å². The van der Waals surface area contributed by atoms with Crippen LogP contribution in [0, 0.1) is 0 Å². The van der Waals surface area contributed by atoms with E-state index in [1.165, 1.54) is 19.2 Å². The Kier molecular flexibility index (Phi) is 6.25. The molecule has 11 heteroatoms. The maximum absolute atomic E-state index is 12.8. The Balaban J connectivity index is 2.34. The van der Waals surface area contributed by atoms with E-state index in [2.05, 4.69) is 19.6 Å². The second kappa shape index (κ2) is 7.93. The van der Waals surface area contributed by atoms with Gasteiger partial charge in [-0.05, 0) is 46.1 Å². The average Bonchev–Trinajstić information content (AvgIpc) is 3.02. The van der Waals surface area contributed by atoms with Gasteiger partial charge >= 0.3 is 5.97 Å². The number of aromatic nitrogens is 2. The fourth-order valence-electron chi connectivity index (χ4n) is 2.23. The molecule has 0 saturated carbocycles. The van der Waals surface area contributed by atoms with Gasteiger partial charge in [-0.15, -0.1) is 0 Å². The molecule has 2 aromatic rings. The summed E-state index contributed by atoms with van der Waals surface area (Å²) in [5.74, 6) is -0.148. The minimum Gasteiger partial charge on any atom is -0.465 e. The zero-order valence-corrected chi connectivity index (χ0v) is 17.2. The second-order valence-electron chi connectivity index (χ2n) is 6.62. The van der Waals surface area contributed by atoms with Crippen LogP contribution in [-0.4, -0.2) is 50.6 Å². The molecular weight excluding hydrogens is 396 g/mol. The van der Waals surface area contributed by atoms with Crippen LogP contribution in [-0.2, 0) is 26.8 Å². The highest BCUT2D eigenvalue weighted by atomic mass is 35.5. The van der Waals surface area contributed by atoms with Crippen LogP contribution in [0.2, 0.25) is 5.02 Å². The van der Waals surface area contributed by atoms with E-state index in [1.807, 2.05) is 19.0 Å². The van der Waals surface area contributed by atoms with Crippen molar-refractivity contribution in [2.75, 3.05) is 21.2 Å². The smallest absolute Gasteiger partial charge is 0.337 e. The molecule has 9 nitrogen and oxygen atoms in total. The van der Waals surface area contributed by atoms with Gasteiger partial charge in [-0.2, -0.15) is 9.71 Å². The van der Waals surface area contributed by atoms with E-state index in [-0.39, 0.29) is 21.3 Å². The van der Waals surface area contributed by atoms with E-state index < -0.39 is 21.5 Å². The lowest BCUT2D eigenvalue weighted by atomic mass is 10.1. The van der Waals surface area contributed by atoms with Gasteiger partial charge < -0.3 is 14.2 Å². The lowest BCUT2D eigenvalue weighted by molar-refractivity contribution is 0.0600. The Bertz CT molecular complexity index is 940. The third-order valence-electron chi connectivity index (χ3n) is 3.51. The number of hydrogen-bond acceptors (Lipinski definition) is 8. The maximum Gasteiger partial charge on any atom is 0.337 e. The molecule has 1 aromatic heterocycles. The molecule has 1 heterocycles. The summed E-state index contributed by atoms with van der Waals surface area (Å²) in [6, 6.07) is 3.85. The number of benzene rings is 1. The minimum absolute atomic E-state index is 0.0349. The largest absolute Gasteiger partial charge is 0.465 e. The highest BCUT2D eigenvalue weighted by Gasteiger charge is 2.34. The summed E-state index contributed by atoms with van der Waals surface area (Å²) in [6.45, 7) is 3.60. The lowest BCUT2D eigenvalue weighted by Gasteiger charge is -2.22. The lowest BCUT2D eigenvalue weighted by Crippen LogP contribution is -2.42. The fraction of sp³-hybridized carbons (Fsp3) is 0.438. The molecule has 0 aliphatic carbocycles. The van der Waals surface area contributed by atoms with Gasteiger partial charge in [0.1, 0.15) is 4.90 Å². The summed E-state index contributed by atoms with van der Waals surface area (Å²) in [4.78, 5) is 17.5. The molecule has 1 aromatic carbocycles. The summed E-state index contributed by atoms with van der Waals surface area (Å²) in [6.07, 6.45) is 0. The van der Waals surface area contributed by atoms with E-state index in [0.29, 0.717) is 12.4 Å². The van der Waals surface area contributed by atoms with Gasteiger partial charge in [-0.25, -0.2) is 13.2 Å². The molecule has 148 valence electrons. The van der Waals surface area contributed by atoms with Gasteiger partial charge in [-0.3, -0.25) is 0 Å². The van der Waals surface area contributed by atoms with Gasteiger partial charge in [0.2, 0.25) is 15.9 Å². The maximum atomic E-state index is 12.8. The molecule has 0 aliphatic rings. The highest BCUT2D eigenvalue weighted by Crippen LogP contribution is 2.26. The van der Waals surface area contributed by atoms with Crippen LogP contribution in [0.25, 0.3) is 0 Å². The third-order valence-corrected chi connectivity index (χ3v) is 5.65. The number of methoxy groups -OCH3 is 1. The Labute approximate surface area is 162 Å². The summed E-state index contributed by atoms with van der Waals surface area (Å²) < 4.78 is 37.9. The van der Waals surface area contributed by atoms with Crippen molar-refractivity contribution >= 4 is 27.6 Å². The number of sulfonamides is 1. The zero-order chi connectivity index (χ0) is 20.4. The van der Waals surface area contributed by atoms with Crippen LogP contribution >= 0.6 is 11.6 Å². The molecule has 0 spiro atoms. The topological polar surface area (TPSA) is 115 Å². The van der Waals surface area contributed by atoms with Crippen molar-refractivity contribution < 1.29 is 22.5 Å². The number of carbonyl (C=O) groups is 1. The summed E-state index contributed by atoms with van der Waals surface area (Å²) in [7, 11) is 0.788. The van der Waals surface area contributed by atoms with Crippen molar-refractivity contribution in [1.29, 1.82) is 0 Å². The van der Waals surface area contributed by atoms with E-state index in [9.17, 15) is 13.2 Å². The van der Waals surface area contributed by atoms with E-state index in [1.54, 1.807) is 13.8 Å². The van der Waals surface area contributed by atoms with Gasteiger partial charge in [0, 0.05) is 0 Å². The molecule has 0 saturated heterocycles. The molecule has 1 N–H and O–H groups in total. The molecule has 0 aliphatic heterocycles. The number of nitrogens with zero attached hydrogens (tertiary/aromatic N) is 3. The monoisotopic (exact) mass is 416 g/mol. The Morgan fingerprint density at radius 2 is 2.04 bits per heavy atom. The van der Waals surface area contributed by atoms with E-state index in [4.69, 9.17) is 16.1 Å². The Morgan fingerprint density at radius 3 is 2.63 bits per heavy atom. The first-order valence-electron chi connectivity index (χ1n) is 7.86. The number of esters is 1. The number of hydrogen-bond donors (Lipinski definition) is 1. The third kappa shape index (κ3) is 5.04. The van der Waals surface area contributed by atoms with Crippen LogP contribution in [0.5, 0.6) is 0 Å². The second-order valence-corrected chi connectivity index (χ2v) is 8.67. The molecule has 0 radical (unpaired) electrons. The summed E-state index contributed by atoms with van der Waals surface area (Å²) >= 11 is 6.04. The molecule has 0 atom stereocenters. The first-order valence-corrected chi connectivity index (χ1v) is 9.72. The summed E-state index contributed by atoms with van der Waals surface area (Å²) in [5, 5.41) is 3.82. The van der Waals surface area contributed by atoms with Gasteiger partial charge in [0.25, 0.3) is 0 Å². The molecule has 2 rings (SSSR count). The van der Waals surface area contributed by atoms with Gasteiger partial charge in [0.15, 0.2) is 5.82 Å². The predicted octanol–water partition coefficient (Wildman–Crippen LogP) is 1.78. The number of rotatable bonds is 7. The number of nitrogens with one attached hydrogen (secondary N) is 1. The normalized spacial score (nSPS) is 12.4. The predicted molar refractivity (Wildman–Crippen MR) is 97.8 cm³/mol. The van der Waals surface area contributed by atoms with Crippen LogP contribution in [0.4, 0.5) is 0 Å². The Morgan fingerprint density at radius 1 is 1.37 bits per heavy atom. The average molecular weight is 417 g/mol. The number of carbonyl (C=O) groups excluding carboxylic acids is 1. The molecule has 0 bridgehead atoms. The standard InChI is InChI=1S/C16H21ClN4O5S/c1-16(2,15-18-13(26-19-15)9-21(3)4)20-27(23,24)12-8-10(14(22)25-5)6-7-11(12)17/h6-8,20H,9H2,1-5H3. The van der Waals surface area contributed by atoms with Crippen molar-refractivity contribution in [3.8, 4) is 0 Å².